The van der Waals surface area contributed by atoms with E-state index >= 15 is 0 Å². The molecule has 0 bridgehead atoms. The minimum Gasteiger partial charge on any atom is -0.378 e. The molecule has 0 aromatic heterocycles. The Labute approximate surface area is 177 Å². The number of nitrogens with one attached hydrogen (secondary N) is 1. The number of carbonyl (C=O) groups excluding carboxylic acids is 1. The molecule has 0 radical (unpaired) electrons. The Kier molecular flexibility index (Phi) is 8.10. The Morgan fingerprint density at radius 2 is 1.93 bits per heavy atom. The van der Waals surface area contributed by atoms with Crippen molar-refractivity contribution in [1.29, 1.82) is 0 Å². The molecular formula is C19H29Cl2F2N3O2. The van der Waals surface area contributed by atoms with Crippen LogP contribution in [0.5, 0.6) is 0 Å². The first-order chi connectivity index (χ1) is 12.2. The van der Waals surface area contributed by atoms with Crippen LogP contribution >= 0.6 is 24.8 Å². The van der Waals surface area contributed by atoms with Crippen LogP contribution in [0.1, 0.15) is 33.6 Å². The van der Waals surface area contributed by atoms with Crippen LogP contribution in [0, 0.1) is 17.0 Å². The Bertz CT molecular complexity index is 688. The van der Waals surface area contributed by atoms with Gasteiger partial charge in [0.05, 0.1) is 6.10 Å². The van der Waals surface area contributed by atoms with Crippen molar-refractivity contribution in [3.8, 4) is 0 Å². The zero-order chi connectivity index (χ0) is 19.1. The molecule has 2 aliphatic rings. The zero-order valence-electron chi connectivity index (χ0n) is 16.3. The molecule has 3 rings (SSSR count). The van der Waals surface area contributed by atoms with E-state index in [-0.39, 0.29) is 48.6 Å². The lowest BCUT2D eigenvalue weighted by Gasteiger charge is -2.57. The molecule has 160 valence electrons. The molecule has 3 atom stereocenters. The van der Waals surface area contributed by atoms with E-state index in [4.69, 9.17) is 10.5 Å². The molecule has 0 spiro atoms. The van der Waals surface area contributed by atoms with Crippen LogP contribution in [0.25, 0.3) is 0 Å². The van der Waals surface area contributed by atoms with Gasteiger partial charge in [-0.2, -0.15) is 0 Å². The number of ether oxygens (including phenoxy) is 1. The number of halogens is 4. The summed E-state index contributed by atoms with van der Waals surface area (Å²) in [5.74, 6) is -1.40. The lowest BCUT2D eigenvalue weighted by molar-refractivity contribution is -0.171. The number of hydrogen-bond donors (Lipinski definition) is 2. The fraction of sp³-hybridized carbons (Fsp3) is 0.632. The lowest BCUT2D eigenvalue weighted by atomic mass is 9.54. The molecule has 1 aromatic carbocycles. The normalized spacial score (nSPS) is 28.0. The molecule has 1 saturated carbocycles. The molecule has 2 fully saturated rings. The van der Waals surface area contributed by atoms with Crippen molar-refractivity contribution in [2.24, 2.45) is 11.1 Å². The van der Waals surface area contributed by atoms with Gasteiger partial charge in [-0.3, -0.25) is 4.79 Å². The van der Waals surface area contributed by atoms with Crippen molar-refractivity contribution < 1.29 is 18.3 Å². The molecule has 1 saturated heterocycles. The third kappa shape index (κ3) is 4.08. The molecule has 1 aliphatic heterocycles. The molecule has 5 nitrogen and oxygen atoms in total. The van der Waals surface area contributed by atoms with E-state index in [0.29, 0.717) is 32.5 Å². The number of nitrogens with zero attached hydrogens (tertiary/aromatic N) is 1. The number of carbonyl (C=O) groups is 1. The minimum absolute atomic E-state index is 0. The first-order valence-corrected chi connectivity index (χ1v) is 9.11. The van der Waals surface area contributed by atoms with E-state index in [1.807, 2.05) is 20.8 Å². The van der Waals surface area contributed by atoms with Gasteiger partial charge >= 0.3 is 0 Å². The maximum absolute atomic E-state index is 14.0. The quantitative estimate of drug-likeness (QED) is 0.739. The first kappa shape index (κ1) is 24.9. The van der Waals surface area contributed by atoms with Gasteiger partial charge in [0, 0.05) is 37.6 Å². The lowest BCUT2D eigenvalue weighted by Crippen LogP contribution is -2.76. The number of nitrogens with two attached hydrogens (primary N) is 1. The number of para-hydroxylation sites is 1. The fourth-order valence-corrected chi connectivity index (χ4v) is 4.01. The van der Waals surface area contributed by atoms with Gasteiger partial charge < -0.3 is 20.7 Å². The third-order valence-corrected chi connectivity index (χ3v) is 6.01. The van der Waals surface area contributed by atoms with E-state index in [0.717, 1.165) is 0 Å². The van der Waals surface area contributed by atoms with E-state index in [2.05, 4.69) is 5.32 Å². The van der Waals surface area contributed by atoms with Crippen LogP contribution < -0.4 is 16.0 Å². The van der Waals surface area contributed by atoms with Crippen LogP contribution in [-0.2, 0) is 9.53 Å². The summed E-state index contributed by atoms with van der Waals surface area (Å²) >= 11 is 0. The van der Waals surface area contributed by atoms with Gasteiger partial charge in [0.25, 0.3) is 0 Å². The van der Waals surface area contributed by atoms with Crippen molar-refractivity contribution in [2.75, 3.05) is 24.6 Å². The summed E-state index contributed by atoms with van der Waals surface area (Å²) in [5, 5.41) is 2.97. The van der Waals surface area contributed by atoms with Crippen LogP contribution in [-0.4, -0.2) is 43.3 Å². The Morgan fingerprint density at radius 3 is 2.46 bits per heavy atom. The van der Waals surface area contributed by atoms with Crippen molar-refractivity contribution in [2.45, 2.75) is 51.3 Å². The van der Waals surface area contributed by atoms with Crippen LogP contribution in [0.4, 0.5) is 14.5 Å². The molecule has 1 amide bonds. The van der Waals surface area contributed by atoms with Crippen LogP contribution in [0.2, 0.25) is 0 Å². The van der Waals surface area contributed by atoms with Crippen molar-refractivity contribution in [1.82, 2.24) is 5.32 Å². The maximum atomic E-state index is 14.0. The standard InChI is InChI=1S/C19H27F2N3O2.2ClH/c1-4-26-15-10-19(22,18(15,2)3)17(25)23-12-8-9-24(11-12)16-13(20)6-5-7-14(16)21;;/h5-7,12,15H,4,8-11,22H2,1-3H3,(H,23,25);2*1H. The van der Waals surface area contributed by atoms with Gasteiger partial charge in [0.2, 0.25) is 5.91 Å². The highest BCUT2D eigenvalue weighted by atomic mass is 35.5. The highest BCUT2D eigenvalue weighted by Crippen LogP contribution is 2.50. The molecule has 28 heavy (non-hydrogen) atoms. The number of benzene rings is 1. The molecular weight excluding hydrogens is 411 g/mol. The summed E-state index contributed by atoms with van der Waals surface area (Å²) < 4.78 is 33.6. The summed E-state index contributed by atoms with van der Waals surface area (Å²) in [4.78, 5) is 14.4. The average molecular weight is 440 g/mol. The Morgan fingerprint density at radius 1 is 1.32 bits per heavy atom. The summed E-state index contributed by atoms with van der Waals surface area (Å²) in [6.45, 7) is 7.21. The topological polar surface area (TPSA) is 67.6 Å². The molecule has 9 heteroatoms. The fourth-order valence-electron chi connectivity index (χ4n) is 4.01. The van der Waals surface area contributed by atoms with Crippen molar-refractivity contribution >= 4 is 36.4 Å². The van der Waals surface area contributed by atoms with E-state index < -0.39 is 22.6 Å². The molecule has 1 aliphatic carbocycles. The largest absolute Gasteiger partial charge is 0.378 e. The van der Waals surface area contributed by atoms with E-state index in [1.165, 1.54) is 18.2 Å². The Balaban J connectivity index is 0.00000196. The van der Waals surface area contributed by atoms with E-state index in [9.17, 15) is 13.6 Å². The van der Waals surface area contributed by atoms with Gasteiger partial charge in [-0.15, -0.1) is 24.8 Å². The van der Waals surface area contributed by atoms with Crippen molar-refractivity contribution in [3.05, 3.63) is 29.8 Å². The first-order valence-electron chi connectivity index (χ1n) is 9.11. The second-order valence-electron chi connectivity index (χ2n) is 7.82. The summed E-state index contributed by atoms with van der Waals surface area (Å²) in [6, 6.07) is 3.63. The van der Waals surface area contributed by atoms with Gasteiger partial charge in [0.15, 0.2) is 0 Å². The predicted octanol–water partition coefficient (Wildman–Crippen LogP) is 3.04. The predicted molar refractivity (Wildman–Crippen MR) is 110 cm³/mol. The monoisotopic (exact) mass is 439 g/mol. The second-order valence-corrected chi connectivity index (χ2v) is 7.82. The number of rotatable bonds is 5. The van der Waals surface area contributed by atoms with Gasteiger partial charge in [-0.05, 0) is 25.5 Å². The summed E-state index contributed by atoms with van der Waals surface area (Å²) in [7, 11) is 0. The van der Waals surface area contributed by atoms with E-state index in [1.54, 1.807) is 4.90 Å². The molecule has 3 N–H and O–H groups in total. The minimum atomic E-state index is -0.997. The smallest absolute Gasteiger partial charge is 0.241 e. The van der Waals surface area contributed by atoms with Gasteiger partial charge in [-0.25, -0.2) is 8.78 Å². The van der Waals surface area contributed by atoms with Crippen LogP contribution in [0.3, 0.4) is 0 Å². The van der Waals surface area contributed by atoms with Crippen LogP contribution in [0.15, 0.2) is 18.2 Å². The number of anilines is 1. The van der Waals surface area contributed by atoms with Gasteiger partial charge in [0.1, 0.15) is 22.9 Å². The number of hydrogen-bond acceptors (Lipinski definition) is 4. The molecule has 3 unspecified atom stereocenters. The van der Waals surface area contributed by atoms with Crippen molar-refractivity contribution in [3.63, 3.8) is 0 Å². The zero-order valence-corrected chi connectivity index (χ0v) is 18.0. The maximum Gasteiger partial charge on any atom is 0.241 e. The number of amides is 1. The second kappa shape index (κ2) is 9.11. The SMILES string of the molecule is CCOC1CC(N)(C(=O)NC2CCN(c3c(F)cccc3F)C2)C1(C)C.Cl.Cl. The highest BCUT2D eigenvalue weighted by Gasteiger charge is 2.63. The molecule has 1 heterocycles. The summed E-state index contributed by atoms with van der Waals surface area (Å²) in [5.41, 5.74) is 4.89. The third-order valence-electron chi connectivity index (χ3n) is 6.01. The van der Waals surface area contributed by atoms with Gasteiger partial charge in [-0.1, -0.05) is 19.9 Å². The average Bonchev–Trinajstić information content (AvgIpc) is 3.02. The highest BCUT2D eigenvalue weighted by molar-refractivity contribution is 5.89. The molecule has 1 aromatic rings. The summed E-state index contributed by atoms with van der Waals surface area (Å²) in [6.07, 6.45) is 1.04. The Hall–Kier alpha value is -1.15.